The van der Waals surface area contributed by atoms with Gasteiger partial charge in [0.05, 0.1) is 24.7 Å². The molecule has 2 amide bonds. The molecule has 3 rings (SSSR count). The number of carbonyl (C=O) groups is 2. The molecule has 0 bridgehead atoms. The number of nitrogens with one attached hydrogen (secondary N) is 1. The number of nitrogens with zero attached hydrogens (tertiary/aromatic N) is 2. The minimum absolute atomic E-state index is 0.0190. The predicted molar refractivity (Wildman–Crippen MR) is 98.8 cm³/mol. The second kappa shape index (κ2) is 8.31. The summed E-state index contributed by atoms with van der Waals surface area (Å²) in [6.45, 7) is -3.07. The van der Waals surface area contributed by atoms with Crippen molar-refractivity contribution in [3.63, 3.8) is 0 Å². The summed E-state index contributed by atoms with van der Waals surface area (Å²) in [6.07, 6.45) is 0.363. The zero-order chi connectivity index (χ0) is 21.2. The van der Waals surface area contributed by atoms with Crippen LogP contribution < -0.4 is 14.8 Å². The smallest absolute Gasteiger partial charge is 0.387 e. The van der Waals surface area contributed by atoms with E-state index in [1.165, 1.54) is 25.3 Å². The van der Waals surface area contributed by atoms with Gasteiger partial charge in [-0.3, -0.25) is 9.59 Å². The molecule has 2 aliphatic heterocycles. The van der Waals surface area contributed by atoms with E-state index in [0.29, 0.717) is 0 Å². The molecule has 1 saturated heterocycles. The molecule has 0 saturated carbocycles. The summed E-state index contributed by atoms with van der Waals surface area (Å²) in [6, 6.07) is 3.38. The second-order valence-electron chi connectivity index (χ2n) is 6.54. The van der Waals surface area contributed by atoms with Crippen LogP contribution in [0.15, 0.2) is 23.3 Å². The fourth-order valence-electron chi connectivity index (χ4n) is 3.13. The van der Waals surface area contributed by atoms with Gasteiger partial charge in [-0.15, -0.1) is 0 Å². The van der Waals surface area contributed by atoms with Crippen LogP contribution in [-0.4, -0.2) is 62.2 Å². The maximum Gasteiger partial charge on any atom is 0.387 e. The van der Waals surface area contributed by atoms with Gasteiger partial charge < -0.3 is 14.8 Å². The quantitative estimate of drug-likeness (QED) is 0.728. The number of rotatable bonds is 6. The zero-order valence-corrected chi connectivity index (χ0v) is 16.2. The molecule has 0 aliphatic carbocycles. The van der Waals surface area contributed by atoms with Crippen molar-refractivity contribution in [3.05, 3.63) is 18.2 Å². The largest absolute Gasteiger partial charge is 0.493 e. The fourth-order valence-corrected chi connectivity index (χ4v) is 4.83. The van der Waals surface area contributed by atoms with Crippen LogP contribution in [0.25, 0.3) is 0 Å². The van der Waals surface area contributed by atoms with Crippen molar-refractivity contribution in [1.82, 2.24) is 5.01 Å². The Morgan fingerprint density at radius 3 is 2.69 bits per heavy atom. The molecule has 0 aromatic heterocycles. The van der Waals surface area contributed by atoms with Crippen LogP contribution in [0.1, 0.15) is 19.3 Å². The SMILES string of the molecule is COc1ccc(NC(=O)C2=NN(C3CCS(=O)(=O)C3)C(=O)CC2)cc1OC(F)F. The second-order valence-corrected chi connectivity index (χ2v) is 8.77. The van der Waals surface area contributed by atoms with Crippen molar-refractivity contribution in [1.29, 1.82) is 0 Å². The van der Waals surface area contributed by atoms with Gasteiger partial charge in [0.25, 0.3) is 5.91 Å². The number of alkyl halides is 2. The first-order valence-corrected chi connectivity index (χ1v) is 10.5. The highest BCUT2D eigenvalue weighted by molar-refractivity contribution is 7.91. The summed E-state index contributed by atoms with van der Waals surface area (Å²) in [5, 5.41) is 7.64. The van der Waals surface area contributed by atoms with Gasteiger partial charge in [-0.25, -0.2) is 13.4 Å². The predicted octanol–water partition coefficient (Wildman–Crippen LogP) is 1.40. The summed E-state index contributed by atoms with van der Waals surface area (Å²) in [4.78, 5) is 24.7. The van der Waals surface area contributed by atoms with E-state index in [2.05, 4.69) is 15.2 Å². The zero-order valence-electron chi connectivity index (χ0n) is 15.4. The van der Waals surface area contributed by atoms with Gasteiger partial charge >= 0.3 is 6.61 Å². The molecule has 1 atom stereocenters. The standard InChI is InChI=1S/C17H19F2N3O6S/c1-27-13-4-2-10(8-14(13)28-17(18)19)20-16(24)12-3-5-15(23)22(21-12)11-6-7-29(25,26)9-11/h2,4,8,11,17H,3,5-7,9H2,1H3,(H,20,24). The third-order valence-corrected chi connectivity index (χ3v) is 6.26. The van der Waals surface area contributed by atoms with Crippen LogP contribution in [0.2, 0.25) is 0 Å². The van der Waals surface area contributed by atoms with Crippen LogP contribution in [0, 0.1) is 0 Å². The highest BCUT2D eigenvalue weighted by Gasteiger charge is 2.37. The molecule has 158 valence electrons. The van der Waals surface area contributed by atoms with Crippen molar-refractivity contribution in [2.45, 2.75) is 31.9 Å². The first-order valence-electron chi connectivity index (χ1n) is 8.72. The lowest BCUT2D eigenvalue weighted by Gasteiger charge is -2.27. The highest BCUT2D eigenvalue weighted by atomic mass is 32.2. The molecular weight excluding hydrogens is 412 g/mol. The van der Waals surface area contributed by atoms with E-state index in [9.17, 15) is 26.8 Å². The van der Waals surface area contributed by atoms with Crippen LogP contribution in [0.5, 0.6) is 11.5 Å². The van der Waals surface area contributed by atoms with Gasteiger partial charge in [0.2, 0.25) is 5.91 Å². The first kappa shape index (κ1) is 21.0. The maximum atomic E-state index is 12.5. The molecule has 1 aromatic rings. The van der Waals surface area contributed by atoms with Gasteiger partial charge in [0.1, 0.15) is 5.71 Å². The number of benzene rings is 1. The molecule has 1 fully saturated rings. The van der Waals surface area contributed by atoms with E-state index in [4.69, 9.17) is 4.74 Å². The number of methoxy groups -OCH3 is 1. The lowest BCUT2D eigenvalue weighted by molar-refractivity contribution is -0.133. The van der Waals surface area contributed by atoms with E-state index in [0.717, 1.165) is 5.01 Å². The van der Waals surface area contributed by atoms with E-state index in [-0.39, 0.29) is 59.6 Å². The first-order chi connectivity index (χ1) is 13.7. The molecule has 0 spiro atoms. The minimum Gasteiger partial charge on any atom is -0.493 e. The average Bonchev–Trinajstić information content (AvgIpc) is 3.01. The number of carbonyl (C=O) groups excluding carboxylic acids is 2. The van der Waals surface area contributed by atoms with E-state index in [1.54, 1.807) is 0 Å². The maximum absolute atomic E-state index is 12.5. The van der Waals surface area contributed by atoms with Gasteiger partial charge in [-0.05, 0) is 18.6 Å². The Morgan fingerprint density at radius 1 is 1.31 bits per heavy atom. The van der Waals surface area contributed by atoms with Gasteiger partial charge in [0, 0.05) is 24.6 Å². The Hall–Kier alpha value is -2.76. The van der Waals surface area contributed by atoms with Gasteiger partial charge in [-0.2, -0.15) is 13.9 Å². The van der Waals surface area contributed by atoms with Crippen LogP contribution in [0.4, 0.5) is 14.5 Å². The number of ether oxygens (including phenoxy) is 2. The number of hydrazone groups is 1. The molecule has 1 unspecified atom stereocenters. The summed E-state index contributed by atoms with van der Waals surface area (Å²) >= 11 is 0. The molecule has 12 heteroatoms. The van der Waals surface area contributed by atoms with E-state index >= 15 is 0 Å². The molecule has 9 nitrogen and oxygen atoms in total. The molecular formula is C17H19F2N3O6S. The number of amides is 2. The van der Waals surface area contributed by atoms with Crippen molar-refractivity contribution in [2.75, 3.05) is 23.9 Å². The third-order valence-electron chi connectivity index (χ3n) is 4.51. The number of hydrogen-bond donors (Lipinski definition) is 1. The summed E-state index contributed by atoms with van der Waals surface area (Å²) in [5.74, 6) is -1.38. The van der Waals surface area contributed by atoms with Gasteiger partial charge in [0.15, 0.2) is 21.3 Å². The normalized spacial score (nSPS) is 21.1. The number of sulfone groups is 1. The minimum atomic E-state index is -3.23. The van der Waals surface area contributed by atoms with Gasteiger partial charge in [-0.1, -0.05) is 0 Å². The van der Waals surface area contributed by atoms with Crippen molar-refractivity contribution >= 4 is 33.1 Å². The number of hydrogen-bond acceptors (Lipinski definition) is 7. The summed E-state index contributed by atoms with van der Waals surface area (Å²) in [7, 11) is -1.94. The average molecular weight is 431 g/mol. The molecule has 2 aliphatic rings. The Bertz CT molecular complexity index is 950. The van der Waals surface area contributed by atoms with Crippen LogP contribution >= 0.6 is 0 Å². The van der Waals surface area contributed by atoms with Crippen LogP contribution in [-0.2, 0) is 19.4 Å². The Balaban J connectivity index is 1.76. The lowest BCUT2D eigenvalue weighted by Crippen LogP contribution is -2.42. The van der Waals surface area contributed by atoms with Crippen LogP contribution in [0.3, 0.4) is 0 Å². The Morgan fingerprint density at radius 2 is 2.07 bits per heavy atom. The lowest BCUT2D eigenvalue weighted by atomic mass is 10.1. The molecule has 29 heavy (non-hydrogen) atoms. The highest BCUT2D eigenvalue weighted by Crippen LogP contribution is 2.31. The van der Waals surface area contributed by atoms with E-state index < -0.39 is 28.4 Å². The summed E-state index contributed by atoms with van der Waals surface area (Å²) < 4.78 is 57.7. The van der Waals surface area contributed by atoms with E-state index in [1.807, 2.05) is 0 Å². The molecule has 0 radical (unpaired) electrons. The number of halogens is 2. The monoisotopic (exact) mass is 431 g/mol. The Kier molecular flexibility index (Phi) is 6.01. The summed E-state index contributed by atoms with van der Waals surface area (Å²) in [5.41, 5.74) is 0.210. The van der Waals surface area contributed by atoms with Crippen molar-refractivity contribution in [3.8, 4) is 11.5 Å². The molecule has 1 N–H and O–H groups in total. The topological polar surface area (TPSA) is 114 Å². The van der Waals surface area contributed by atoms with Crippen molar-refractivity contribution < 1.29 is 36.3 Å². The Labute approximate surface area is 165 Å². The number of anilines is 1. The third kappa shape index (κ3) is 5.00. The molecule has 2 heterocycles. The fraction of sp³-hybridized carbons (Fsp3) is 0.471. The molecule has 1 aromatic carbocycles. The van der Waals surface area contributed by atoms with Crippen molar-refractivity contribution in [2.24, 2.45) is 5.10 Å².